The molecule has 4 rings (SSSR count). The second kappa shape index (κ2) is 8.26. The van der Waals surface area contributed by atoms with E-state index in [1.165, 1.54) is 57.8 Å². The van der Waals surface area contributed by atoms with E-state index in [-0.39, 0.29) is 0 Å². The number of oxime groups is 1. The van der Waals surface area contributed by atoms with E-state index in [4.69, 9.17) is 15.3 Å². The predicted molar refractivity (Wildman–Crippen MR) is 114 cm³/mol. The van der Waals surface area contributed by atoms with Crippen molar-refractivity contribution in [2.24, 2.45) is 51.3 Å². The van der Waals surface area contributed by atoms with E-state index in [0.29, 0.717) is 22.9 Å². The fourth-order valence-corrected chi connectivity index (χ4v) is 8.12. The number of ether oxygens (including phenoxy) is 1. The van der Waals surface area contributed by atoms with Gasteiger partial charge < -0.3 is 15.3 Å². The van der Waals surface area contributed by atoms with Crippen LogP contribution in [0, 0.1) is 40.4 Å². The Morgan fingerprint density at radius 3 is 2.57 bits per heavy atom. The van der Waals surface area contributed by atoms with E-state index in [9.17, 15) is 0 Å². The molecule has 4 fully saturated rings. The van der Waals surface area contributed by atoms with Gasteiger partial charge in [0.15, 0.2) is 0 Å². The lowest BCUT2D eigenvalue weighted by atomic mass is 9.44. The van der Waals surface area contributed by atoms with Crippen LogP contribution >= 0.6 is 0 Å². The molecular weight excluding hydrogens is 348 g/mol. The summed E-state index contributed by atoms with van der Waals surface area (Å²) in [5, 5.41) is 4.17. The molecule has 8 atom stereocenters. The summed E-state index contributed by atoms with van der Waals surface area (Å²) < 4.78 is 6.18. The Bertz CT molecular complexity index is 567. The monoisotopic (exact) mass is 390 g/mol. The van der Waals surface area contributed by atoms with Crippen LogP contribution in [-0.2, 0) is 9.57 Å². The summed E-state index contributed by atoms with van der Waals surface area (Å²) >= 11 is 0. The number of fused-ring (bicyclic) bond motifs is 5. The molecule has 0 spiro atoms. The molecule has 0 aromatic carbocycles. The fourth-order valence-electron chi connectivity index (χ4n) is 8.12. The number of nitrogens with zero attached hydrogens (tertiary/aromatic N) is 1. The van der Waals surface area contributed by atoms with Crippen LogP contribution in [0.15, 0.2) is 5.16 Å². The molecule has 0 saturated heterocycles. The lowest BCUT2D eigenvalue weighted by molar-refractivity contribution is -0.131. The SMILES string of the molecule is CO/N=C/[C@H]1CC[C@H]2[C@@H]3CC[C@@H]4C[C@@H](OCCCN)CC[C@]4(C)[C@H]3CC[C@]12C. The van der Waals surface area contributed by atoms with Crippen molar-refractivity contribution in [2.75, 3.05) is 20.3 Å². The zero-order valence-corrected chi connectivity index (χ0v) is 18.4. The molecule has 0 aromatic heterocycles. The van der Waals surface area contributed by atoms with Crippen molar-refractivity contribution < 1.29 is 9.57 Å². The maximum absolute atomic E-state index is 6.18. The lowest BCUT2D eigenvalue weighted by Crippen LogP contribution is -2.54. The second-order valence-electron chi connectivity index (χ2n) is 10.7. The minimum Gasteiger partial charge on any atom is -0.399 e. The van der Waals surface area contributed by atoms with E-state index in [1.54, 1.807) is 7.11 Å². The maximum atomic E-state index is 6.18. The Kier molecular flexibility index (Phi) is 6.09. The molecular formula is C24H42N2O2. The van der Waals surface area contributed by atoms with Gasteiger partial charge in [0.05, 0.1) is 6.10 Å². The van der Waals surface area contributed by atoms with Crippen molar-refractivity contribution in [1.29, 1.82) is 0 Å². The van der Waals surface area contributed by atoms with Gasteiger partial charge >= 0.3 is 0 Å². The summed E-state index contributed by atoms with van der Waals surface area (Å²) in [5.74, 6) is 4.21. The second-order valence-corrected chi connectivity index (χ2v) is 10.7. The van der Waals surface area contributed by atoms with Crippen molar-refractivity contribution in [2.45, 2.75) is 84.2 Å². The Labute approximate surface area is 172 Å². The number of nitrogens with two attached hydrogens (primary N) is 1. The Hall–Kier alpha value is -0.610. The standard InChI is InChI=1S/C24H42N2O2/c1-23-11-9-19(28-14-4-13-25)15-17(23)5-7-20-21-8-6-18(16-26-27-3)24(21,2)12-10-22(20)23/h16-22H,4-15,25H2,1-3H3/b26-16+/t17-,18-,19+,20+,21+,22+,23+,24-/m1/s1. The topological polar surface area (TPSA) is 56.8 Å². The van der Waals surface area contributed by atoms with Crippen molar-refractivity contribution in [1.82, 2.24) is 0 Å². The van der Waals surface area contributed by atoms with Crippen LogP contribution < -0.4 is 5.73 Å². The Morgan fingerprint density at radius 1 is 1.00 bits per heavy atom. The highest BCUT2D eigenvalue weighted by Gasteiger charge is 2.60. The minimum atomic E-state index is 0.439. The molecule has 0 aliphatic heterocycles. The summed E-state index contributed by atoms with van der Waals surface area (Å²) in [6, 6.07) is 0. The van der Waals surface area contributed by atoms with Gasteiger partial charge in [-0.1, -0.05) is 19.0 Å². The molecule has 160 valence electrons. The molecule has 4 saturated carbocycles. The molecule has 2 N–H and O–H groups in total. The van der Waals surface area contributed by atoms with Crippen molar-refractivity contribution in [3.63, 3.8) is 0 Å². The molecule has 4 aliphatic carbocycles. The number of hydrogen-bond acceptors (Lipinski definition) is 4. The van der Waals surface area contributed by atoms with Crippen molar-refractivity contribution in [3.8, 4) is 0 Å². The van der Waals surface area contributed by atoms with Gasteiger partial charge in [-0.05, 0) is 105 Å². The molecule has 28 heavy (non-hydrogen) atoms. The molecule has 0 unspecified atom stereocenters. The number of rotatable bonds is 6. The van der Waals surface area contributed by atoms with Crippen LogP contribution in [0.25, 0.3) is 0 Å². The van der Waals surface area contributed by atoms with Gasteiger partial charge in [0, 0.05) is 18.7 Å². The molecule has 4 heteroatoms. The highest BCUT2D eigenvalue weighted by molar-refractivity contribution is 5.62. The predicted octanol–water partition coefficient (Wildman–Crippen LogP) is 5.01. The fraction of sp³-hybridized carbons (Fsp3) is 0.958. The van der Waals surface area contributed by atoms with Gasteiger partial charge in [0.2, 0.25) is 0 Å². The Morgan fingerprint density at radius 2 is 1.79 bits per heavy atom. The van der Waals surface area contributed by atoms with Gasteiger partial charge in [-0.2, -0.15) is 0 Å². The third-order valence-electron chi connectivity index (χ3n) is 9.74. The average Bonchev–Trinajstić information content (AvgIpc) is 3.03. The van der Waals surface area contributed by atoms with Crippen molar-refractivity contribution >= 4 is 6.21 Å². The van der Waals surface area contributed by atoms with Crippen LogP contribution in [0.3, 0.4) is 0 Å². The summed E-state index contributed by atoms with van der Waals surface area (Å²) in [4.78, 5) is 5.02. The Balaban J connectivity index is 1.45. The van der Waals surface area contributed by atoms with Crippen LogP contribution in [-0.4, -0.2) is 32.6 Å². The highest BCUT2D eigenvalue weighted by atomic mass is 16.6. The molecule has 0 amide bonds. The lowest BCUT2D eigenvalue weighted by Gasteiger charge is -2.61. The first-order chi connectivity index (χ1) is 13.5. The summed E-state index contributed by atoms with van der Waals surface area (Å²) in [7, 11) is 1.67. The van der Waals surface area contributed by atoms with E-state index in [1.807, 2.05) is 0 Å². The minimum absolute atomic E-state index is 0.439. The average molecular weight is 391 g/mol. The maximum Gasteiger partial charge on any atom is 0.106 e. The van der Waals surface area contributed by atoms with Crippen LogP contribution in [0.1, 0.15) is 78.1 Å². The van der Waals surface area contributed by atoms with E-state index in [2.05, 4.69) is 25.2 Å². The normalized spacial score (nSPS) is 48.1. The van der Waals surface area contributed by atoms with Crippen molar-refractivity contribution in [3.05, 3.63) is 0 Å². The molecule has 4 aliphatic rings. The highest BCUT2D eigenvalue weighted by Crippen LogP contribution is 2.67. The van der Waals surface area contributed by atoms with Gasteiger partial charge in [-0.15, -0.1) is 0 Å². The van der Waals surface area contributed by atoms with E-state index in [0.717, 1.165) is 43.2 Å². The third kappa shape index (κ3) is 3.43. The van der Waals surface area contributed by atoms with Gasteiger partial charge in [-0.25, -0.2) is 0 Å². The van der Waals surface area contributed by atoms with Gasteiger partial charge in [0.25, 0.3) is 0 Å². The molecule has 0 radical (unpaired) electrons. The molecule has 0 bridgehead atoms. The van der Waals surface area contributed by atoms with Gasteiger partial charge in [0.1, 0.15) is 7.11 Å². The summed E-state index contributed by atoms with van der Waals surface area (Å²) in [6.07, 6.45) is 15.8. The smallest absolute Gasteiger partial charge is 0.106 e. The molecule has 0 aromatic rings. The van der Waals surface area contributed by atoms with Crippen LogP contribution in [0.2, 0.25) is 0 Å². The summed E-state index contributed by atoms with van der Waals surface area (Å²) in [5.41, 5.74) is 6.62. The summed E-state index contributed by atoms with van der Waals surface area (Å²) in [6.45, 7) is 6.80. The van der Waals surface area contributed by atoms with Crippen LogP contribution in [0.5, 0.6) is 0 Å². The zero-order valence-electron chi connectivity index (χ0n) is 18.4. The molecule has 4 nitrogen and oxygen atoms in total. The first-order valence-corrected chi connectivity index (χ1v) is 11.9. The number of hydrogen-bond donors (Lipinski definition) is 1. The molecule has 0 heterocycles. The first-order valence-electron chi connectivity index (χ1n) is 11.9. The zero-order chi connectivity index (χ0) is 19.8. The van der Waals surface area contributed by atoms with Crippen LogP contribution in [0.4, 0.5) is 0 Å². The quantitative estimate of drug-likeness (QED) is 0.394. The van der Waals surface area contributed by atoms with E-state index < -0.39 is 0 Å². The first kappa shape index (κ1) is 20.7. The van der Waals surface area contributed by atoms with Gasteiger partial charge in [-0.3, -0.25) is 0 Å². The van der Waals surface area contributed by atoms with E-state index >= 15 is 0 Å². The largest absolute Gasteiger partial charge is 0.399 e. The third-order valence-corrected chi connectivity index (χ3v) is 9.74.